The van der Waals surface area contributed by atoms with Crippen molar-refractivity contribution in [3.63, 3.8) is 0 Å². The summed E-state index contributed by atoms with van der Waals surface area (Å²) in [6.45, 7) is 5.54. The van der Waals surface area contributed by atoms with Crippen LogP contribution in [0.25, 0.3) is 0 Å². The van der Waals surface area contributed by atoms with E-state index in [9.17, 15) is 0 Å². The Bertz CT molecular complexity index is 394. The molecule has 0 saturated heterocycles. The first-order valence-corrected chi connectivity index (χ1v) is 7.47. The Hall–Kier alpha value is -1.09. The number of hydrogen-bond donors (Lipinski definition) is 1. The second kappa shape index (κ2) is 6.90. The molecular weight excluding hydrogens is 236 g/mol. The summed E-state index contributed by atoms with van der Waals surface area (Å²) in [5.41, 5.74) is 1.26. The molecular formula is C16H26N2O. The second-order valence-corrected chi connectivity index (χ2v) is 5.73. The molecule has 1 N–H and O–H groups in total. The van der Waals surface area contributed by atoms with Gasteiger partial charge in [0.15, 0.2) is 0 Å². The average molecular weight is 262 g/mol. The molecule has 19 heavy (non-hydrogen) atoms. The van der Waals surface area contributed by atoms with Gasteiger partial charge in [0.05, 0.1) is 13.3 Å². The Morgan fingerprint density at radius 2 is 2.26 bits per heavy atom. The normalized spacial score (nSPS) is 25.0. The molecule has 0 spiro atoms. The summed E-state index contributed by atoms with van der Waals surface area (Å²) >= 11 is 0. The molecule has 1 heterocycles. The summed E-state index contributed by atoms with van der Waals surface area (Å²) in [6, 6.07) is 2.54. The van der Waals surface area contributed by atoms with Gasteiger partial charge in [0, 0.05) is 12.2 Å². The maximum absolute atomic E-state index is 5.30. The van der Waals surface area contributed by atoms with E-state index in [1.165, 1.54) is 31.2 Å². The maximum atomic E-state index is 5.30. The fourth-order valence-corrected chi connectivity index (χ4v) is 3.28. The first-order chi connectivity index (χ1) is 9.24. The van der Waals surface area contributed by atoms with Crippen molar-refractivity contribution >= 4 is 0 Å². The smallest absolute Gasteiger partial charge is 0.137 e. The molecule has 1 aromatic rings. The summed E-state index contributed by atoms with van der Waals surface area (Å²) in [5, 5.41) is 3.64. The lowest BCUT2D eigenvalue weighted by Crippen LogP contribution is -2.31. The van der Waals surface area contributed by atoms with Gasteiger partial charge >= 0.3 is 0 Å². The fraction of sp³-hybridized carbons (Fsp3) is 0.688. The van der Waals surface area contributed by atoms with Crippen LogP contribution in [0.15, 0.2) is 18.5 Å². The molecule has 0 aliphatic heterocycles. The predicted molar refractivity (Wildman–Crippen MR) is 78.3 cm³/mol. The van der Waals surface area contributed by atoms with Gasteiger partial charge in [-0.15, -0.1) is 0 Å². The van der Waals surface area contributed by atoms with E-state index in [1.54, 1.807) is 13.3 Å². The highest BCUT2D eigenvalue weighted by Crippen LogP contribution is 2.37. The van der Waals surface area contributed by atoms with Crippen LogP contribution in [0.2, 0.25) is 0 Å². The molecule has 1 aliphatic carbocycles. The summed E-state index contributed by atoms with van der Waals surface area (Å²) < 4.78 is 5.30. The number of nitrogens with zero attached hydrogens (tertiary/aromatic N) is 1. The molecule has 1 fully saturated rings. The third-order valence-electron chi connectivity index (χ3n) is 4.20. The topological polar surface area (TPSA) is 34.2 Å². The van der Waals surface area contributed by atoms with Gasteiger partial charge in [-0.3, -0.25) is 4.98 Å². The largest absolute Gasteiger partial charge is 0.495 e. The van der Waals surface area contributed by atoms with Gasteiger partial charge in [-0.05, 0) is 42.9 Å². The van der Waals surface area contributed by atoms with E-state index in [-0.39, 0.29) is 0 Å². The molecule has 3 heteroatoms. The Morgan fingerprint density at radius 3 is 2.95 bits per heavy atom. The van der Waals surface area contributed by atoms with E-state index in [0.29, 0.717) is 6.04 Å². The maximum Gasteiger partial charge on any atom is 0.137 e. The van der Waals surface area contributed by atoms with E-state index < -0.39 is 0 Å². The Labute approximate surface area is 116 Å². The van der Waals surface area contributed by atoms with Crippen LogP contribution in [-0.2, 0) is 0 Å². The van der Waals surface area contributed by atoms with Crippen molar-refractivity contribution in [2.24, 2.45) is 11.8 Å². The van der Waals surface area contributed by atoms with Crippen LogP contribution < -0.4 is 10.1 Å². The minimum atomic E-state index is 0.412. The number of rotatable bonds is 5. The molecule has 0 amide bonds. The van der Waals surface area contributed by atoms with Gasteiger partial charge in [-0.1, -0.05) is 26.7 Å². The number of hydrogen-bond acceptors (Lipinski definition) is 3. The molecule has 0 aromatic carbocycles. The van der Waals surface area contributed by atoms with Crippen molar-refractivity contribution in [1.82, 2.24) is 10.3 Å². The SMILES string of the molecule is CCNC(c1cncc(OC)c1)C1CCCC(C)C1. The lowest BCUT2D eigenvalue weighted by atomic mass is 9.77. The van der Waals surface area contributed by atoms with Crippen molar-refractivity contribution < 1.29 is 4.74 Å². The van der Waals surface area contributed by atoms with Crippen molar-refractivity contribution in [3.8, 4) is 5.75 Å². The molecule has 0 radical (unpaired) electrons. The standard InChI is InChI=1S/C16H26N2O/c1-4-18-16(13-7-5-6-12(2)8-13)14-9-15(19-3)11-17-10-14/h9-13,16,18H,4-8H2,1-3H3. The van der Waals surface area contributed by atoms with Gasteiger partial charge in [0.25, 0.3) is 0 Å². The summed E-state index contributed by atoms with van der Waals surface area (Å²) in [7, 11) is 1.70. The number of nitrogens with one attached hydrogen (secondary N) is 1. The van der Waals surface area contributed by atoms with Gasteiger partial charge in [0.2, 0.25) is 0 Å². The van der Waals surface area contributed by atoms with Crippen LogP contribution in [0.1, 0.15) is 51.1 Å². The van der Waals surface area contributed by atoms with Crippen molar-refractivity contribution in [2.75, 3.05) is 13.7 Å². The fourth-order valence-electron chi connectivity index (χ4n) is 3.28. The van der Waals surface area contributed by atoms with Crippen LogP contribution in [0.3, 0.4) is 0 Å². The molecule has 0 bridgehead atoms. The first kappa shape index (κ1) is 14.3. The van der Waals surface area contributed by atoms with Crippen molar-refractivity contribution in [2.45, 2.75) is 45.6 Å². The lowest BCUT2D eigenvalue weighted by molar-refractivity contribution is 0.224. The minimum absolute atomic E-state index is 0.412. The predicted octanol–water partition coefficient (Wildman–Crippen LogP) is 3.57. The zero-order valence-electron chi connectivity index (χ0n) is 12.4. The van der Waals surface area contributed by atoms with Crippen molar-refractivity contribution in [1.29, 1.82) is 0 Å². The van der Waals surface area contributed by atoms with E-state index in [2.05, 4.69) is 30.2 Å². The zero-order valence-corrected chi connectivity index (χ0v) is 12.4. The van der Waals surface area contributed by atoms with Gasteiger partial charge in [0.1, 0.15) is 5.75 Å². The van der Waals surface area contributed by atoms with Crippen LogP contribution in [-0.4, -0.2) is 18.6 Å². The second-order valence-electron chi connectivity index (χ2n) is 5.73. The zero-order chi connectivity index (χ0) is 13.7. The van der Waals surface area contributed by atoms with Gasteiger partial charge in [-0.25, -0.2) is 0 Å². The highest BCUT2D eigenvalue weighted by molar-refractivity contribution is 5.26. The first-order valence-electron chi connectivity index (χ1n) is 7.47. The monoisotopic (exact) mass is 262 g/mol. The number of aromatic nitrogens is 1. The molecule has 1 aliphatic rings. The van der Waals surface area contributed by atoms with Gasteiger partial charge < -0.3 is 10.1 Å². The van der Waals surface area contributed by atoms with Crippen LogP contribution in [0, 0.1) is 11.8 Å². The Morgan fingerprint density at radius 1 is 1.42 bits per heavy atom. The molecule has 3 atom stereocenters. The lowest BCUT2D eigenvalue weighted by Gasteiger charge is -2.34. The molecule has 3 unspecified atom stereocenters. The summed E-state index contributed by atoms with van der Waals surface area (Å²) in [4.78, 5) is 4.31. The van der Waals surface area contributed by atoms with E-state index in [4.69, 9.17) is 4.74 Å². The number of pyridine rings is 1. The highest BCUT2D eigenvalue weighted by atomic mass is 16.5. The summed E-state index contributed by atoms with van der Waals surface area (Å²) in [5.74, 6) is 2.42. The van der Waals surface area contributed by atoms with E-state index in [1.807, 2.05) is 6.20 Å². The molecule has 2 rings (SSSR count). The third-order valence-corrected chi connectivity index (χ3v) is 4.20. The van der Waals surface area contributed by atoms with Crippen LogP contribution in [0.4, 0.5) is 0 Å². The third kappa shape index (κ3) is 3.69. The summed E-state index contributed by atoms with van der Waals surface area (Å²) in [6.07, 6.45) is 9.12. The Balaban J connectivity index is 2.17. The van der Waals surface area contributed by atoms with Crippen molar-refractivity contribution in [3.05, 3.63) is 24.0 Å². The Kier molecular flexibility index (Phi) is 5.20. The highest BCUT2D eigenvalue weighted by Gasteiger charge is 2.27. The van der Waals surface area contributed by atoms with Crippen LogP contribution >= 0.6 is 0 Å². The molecule has 106 valence electrons. The minimum Gasteiger partial charge on any atom is -0.495 e. The average Bonchev–Trinajstić information content (AvgIpc) is 2.45. The quantitative estimate of drug-likeness (QED) is 0.881. The van der Waals surface area contributed by atoms with E-state index in [0.717, 1.165) is 24.1 Å². The number of ether oxygens (including phenoxy) is 1. The van der Waals surface area contributed by atoms with E-state index >= 15 is 0 Å². The van der Waals surface area contributed by atoms with Crippen LogP contribution in [0.5, 0.6) is 5.75 Å². The molecule has 1 aromatic heterocycles. The molecule has 3 nitrogen and oxygen atoms in total. The number of methoxy groups -OCH3 is 1. The van der Waals surface area contributed by atoms with Gasteiger partial charge in [-0.2, -0.15) is 0 Å². The molecule has 1 saturated carbocycles.